The monoisotopic (exact) mass is 290 g/mol. The number of hydrogen-bond acceptors (Lipinski definition) is 5. The van der Waals surface area contributed by atoms with Crippen molar-refractivity contribution in [2.45, 2.75) is 12.5 Å². The van der Waals surface area contributed by atoms with Crippen molar-refractivity contribution in [2.75, 3.05) is 7.11 Å². The maximum atomic E-state index is 6.27. The number of methoxy groups -OCH3 is 1. The van der Waals surface area contributed by atoms with Crippen molar-refractivity contribution in [1.29, 1.82) is 0 Å². The first kappa shape index (κ1) is 12.6. The minimum absolute atomic E-state index is 0.0597. The fourth-order valence-electron chi connectivity index (χ4n) is 2.04. The number of hydrogen-bond donors (Lipinski definition) is 1. The van der Waals surface area contributed by atoms with E-state index in [0.29, 0.717) is 0 Å². The number of para-hydroxylation sites is 1. The fraction of sp³-hybridized carbons (Fsp3) is 0.214. The largest absolute Gasteiger partial charge is 0.496 e. The highest BCUT2D eigenvalue weighted by molar-refractivity contribution is 7.18. The molecule has 1 unspecified atom stereocenters. The highest BCUT2D eigenvalue weighted by Crippen LogP contribution is 2.32. The maximum absolute atomic E-state index is 6.27. The first-order chi connectivity index (χ1) is 9.28. The molecule has 2 aromatic heterocycles. The standard InChI is InChI=1S/C14H14N2OS2/c1-17-11-6-7-18-14(11)9(15)8-13-16-10-4-2-3-5-12(10)19-13/h2-7,9H,8,15H2,1H3. The summed E-state index contributed by atoms with van der Waals surface area (Å²) in [5.41, 5.74) is 7.32. The van der Waals surface area contributed by atoms with Crippen LogP contribution in [0.5, 0.6) is 5.75 Å². The van der Waals surface area contributed by atoms with E-state index in [1.807, 2.05) is 29.6 Å². The summed E-state index contributed by atoms with van der Waals surface area (Å²) in [7, 11) is 1.68. The highest BCUT2D eigenvalue weighted by Gasteiger charge is 2.16. The molecule has 1 aromatic carbocycles. The lowest BCUT2D eigenvalue weighted by Gasteiger charge is -2.09. The smallest absolute Gasteiger partial charge is 0.134 e. The molecule has 0 aliphatic carbocycles. The Hall–Kier alpha value is -1.43. The molecule has 1 atom stereocenters. The lowest BCUT2D eigenvalue weighted by molar-refractivity contribution is 0.409. The van der Waals surface area contributed by atoms with Gasteiger partial charge in [0.05, 0.1) is 27.2 Å². The van der Waals surface area contributed by atoms with Gasteiger partial charge < -0.3 is 10.5 Å². The molecule has 0 amide bonds. The molecule has 3 aromatic rings. The number of nitrogens with zero attached hydrogens (tertiary/aromatic N) is 1. The molecular formula is C14H14N2OS2. The zero-order chi connectivity index (χ0) is 13.2. The number of aromatic nitrogens is 1. The Bertz CT molecular complexity index is 656. The third-order valence-corrected chi connectivity index (χ3v) is 5.04. The molecule has 0 radical (unpaired) electrons. The van der Waals surface area contributed by atoms with E-state index in [2.05, 4.69) is 11.1 Å². The minimum Gasteiger partial charge on any atom is -0.496 e. The minimum atomic E-state index is -0.0597. The summed E-state index contributed by atoms with van der Waals surface area (Å²) in [6.45, 7) is 0. The number of thiophene rings is 1. The molecule has 2 heterocycles. The topological polar surface area (TPSA) is 48.1 Å². The Morgan fingerprint density at radius 3 is 2.95 bits per heavy atom. The Kier molecular flexibility index (Phi) is 3.50. The second kappa shape index (κ2) is 5.28. The molecular weight excluding hydrogens is 276 g/mol. The van der Waals surface area contributed by atoms with Crippen LogP contribution in [-0.2, 0) is 6.42 Å². The van der Waals surface area contributed by atoms with Crippen molar-refractivity contribution in [1.82, 2.24) is 4.98 Å². The van der Waals surface area contributed by atoms with Gasteiger partial charge in [-0.2, -0.15) is 0 Å². The summed E-state index contributed by atoms with van der Waals surface area (Å²) in [6.07, 6.45) is 0.746. The lowest BCUT2D eigenvalue weighted by Crippen LogP contribution is -2.12. The van der Waals surface area contributed by atoms with Crippen LogP contribution in [0.4, 0.5) is 0 Å². The molecule has 0 saturated carbocycles. The molecule has 3 nitrogen and oxygen atoms in total. The Labute approximate surface area is 119 Å². The Morgan fingerprint density at radius 1 is 1.32 bits per heavy atom. The van der Waals surface area contributed by atoms with E-state index in [1.54, 1.807) is 29.8 Å². The molecule has 5 heteroatoms. The van der Waals surface area contributed by atoms with Crippen LogP contribution >= 0.6 is 22.7 Å². The second-order valence-corrected chi connectivity index (χ2v) is 6.30. The summed E-state index contributed by atoms with van der Waals surface area (Å²) in [5, 5.41) is 3.08. The van der Waals surface area contributed by atoms with Crippen LogP contribution in [0.2, 0.25) is 0 Å². The summed E-state index contributed by atoms with van der Waals surface area (Å²) < 4.78 is 6.53. The number of ether oxygens (including phenoxy) is 1. The van der Waals surface area contributed by atoms with Gasteiger partial charge in [-0.15, -0.1) is 22.7 Å². The zero-order valence-corrected chi connectivity index (χ0v) is 12.1. The van der Waals surface area contributed by atoms with Crippen molar-refractivity contribution in [3.8, 4) is 5.75 Å². The SMILES string of the molecule is COc1ccsc1C(N)Cc1nc2ccccc2s1. The van der Waals surface area contributed by atoms with E-state index in [1.165, 1.54) is 4.70 Å². The van der Waals surface area contributed by atoms with Crippen LogP contribution in [0.3, 0.4) is 0 Å². The number of rotatable bonds is 4. The molecule has 2 N–H and O–H groups in total. The van der Waals surface area contributed by atoms with E-state index in [0.717, 1.165) is 27.6 Å². The average molecular weight is 290 g/mol. The van der Waals surface area contributed by atoms with Crippen LogP contribution in [0, 0.1) is 0 Å². The normalized spacial score (nSPS) is 12.7. The van der Waals surface area contributed by atoms with Gasteiger partial charge in [-0.25, -0.2) is 4.98 Å². The van der Waals surface area contributed by atoms with E-state index >= 15 is 0 Å². The van der Waals surface area contributed by atoms with Gasteiger partial charge in [-0.3, -0.25) is 0 Å². The third kappa shape index (κ3) is 2.49. The first-order valence-electron chi connectivity index (χ1n) is 5.99. The van der Waals surface area contributed by atoms with Gasteiger partial charge in [0.15, 0.2) is 0 Å². The van der Waals surface area contributed by atoms with Crippen LogP contribution in [-0.4, -0.2) is 12.1 Å². The van der Waals surface area contributed by atoms with Crippen LogP contribution < -0.4 is 10.5 Å². The van der Waals surface area contributed by atoms with Gasteiger partial charge in [0.1, 0.15) is 5.75 Å². The van der Waals surface area contributed by atoms with E-state index in [4.69, 9.17) is 10.5 Å². The van der Waals surface area contributed by atoms with Crippen LogP contribution in [0.1, 0.15) is 15.9 Å². The van der Waals surface area contributed by atoms with Crippen molar-refractivity contribution in [2.24, 2.45) is 5.73 Å². The van der Waals surface area contributed by atoms with Gasteiger partial charge >= 0.3 is 0 Å². The van der Waals surface area contributed by atoms with Crippen molar-refractivity contribution in [3.05, 3.63) is 45.6 Å². The van der Waals surface area contributed by atoms with Gasteiger partial charge in [0.25, 0.3) is 0 Å². The van der Waals surface area contributed by atoms with Crippen LogP contribution in [0.25, 0.3) is 10.2 Å². The molecule has 0 aliphatic rings. The second-order valence-electron chi connectivity index (χ2n) is 4.24. The number of fused-ring (bicyclic) bond motifs is 1. The summed E-state index contributed by atoms with van der Waals surface area (Å²) in [6, 6.07) is 10.1. The van der Waals surface area contributed by atoms with E-state index < -0.39 is 0 Å². The number of benzene rings is 1. The first-order valence-corrected chi connectivity index (χ1v) is 7.69. The van der Waals surface area contributed by atoms with Crippen molar-refractivity contribution < 1.29 is 4.74 Å². The zero-order valence-electron chi connectivity index (χ0n) is 10.5. The summed E-state index contributed by atoms with van der Waals surface area (Å²) >= 11 is 3.34. The molecule has 3 rings (SSSR count). The highest BCUT2D eigenvalue weighted by atomic mass is 32.1. The molecule has 0 bridgehead atoms. The Balaban J connectivity index is 1.84. The van der Waals surface area contributed by atoms with Gasteiger partial charge in [-0.05, 0) is 23.6 Å². The Morgan fingerprint density at radius 2 is 2.16 bits per heavy atom. The van der Waals surface area contributed by atoms with Gasteiger partial charge in [0, 0.05) is 12.5 Å². The average Bonchev–Trinajstić information content (AvgIpc) is 3.03. The number of nitrogens with two attached hydrogens (primary N) is 1. The molecule has 0 fully saturated rings. The third-order valence-electron chi connectivity index (χ3n) is 2.95. The maximum Gasteiger partial charge on any atom is 0.134 e. The summed E-state index contributed by atoms with van der Waals surface area (Å²) in [4.78, 5) is 5.71. The predicted octanol–water partition coefficient (Wildman–Crippen LogP) is 3.61. The quantitative estimate of drug-likeness (QED) is 0.798. The van der Waals surface area contributed by atoms with Crippen molar-refractivity contribution >= 4 is 32.9 Å². The van der Waals surface area contributed by atoms with E-state index in [9.17, 15) is 0 Å². The molecule has 98 valence electrons. The van der Waals surface area contributed by atoms with E-state index in [-0.39, 0.29) is 6.04 Å². The fourth-order valence-corrected chi connectivity index (χ4v) is 3.93. The molecule has 0 aliphatic heterocycles. The van der Waals surface area contributed by atoms with Gasteiger partial charge in [-0.1, -0.05) is 12.1 Å². The molecule has 0 spiro atoms. The molecule has 19 heavy (non-hydrogen) atoms. The van der Waals surface area contributed by atoms with Crippen molar-refractivity contribution in [3.63, 3.8) is 0 Å². The lowest BCUT2D eigenvalue weighted by atomic mass is 10.2. The van der Waals surface area contributed by atoms with Gasteiger partial charge in [0.2, 0.25) is 0 Å². The van der Waals surface area contributed by atoms with Crippen LogP contribution in [0.15, 0.2) is 35.7 Å². The predicted molar refractivity (Wildman–Crippen MR) is 81.1 cm³/mol. The summed E-state index contributed by atoms with van der Waals surface area (Å²) in [5.74, 6) is 0.874. The molecule has 0 saturated heterocycles. The number of thiazole rings is 1.